The van der Waals surface area contributed by atoms with Gasteiger partial charge in [-0.05, 0) is 50.5 Å². The number of nitrogens with zero attached hydrogens (tertiary/aromatic N) is 2. The monoisotopic (exact) mass is 261 g/mol. The summed E-state index contributed by atoms with van der Waals surface area (Å²) in [7, 11) is 0. The van der Waals surface area contributed by atoms with Crippen molar-refractivity contribution in [3.63, 3.8) is 0 Å². The average molecular weight is 261 g/mol. The highest BCUT2D eigenvalue weighted by Gasteiger charge is 2.15. The summed E-state index contributed by atoms with van der Waals surface area (Å²) >= 11 is 0. The predicted octanol–water partition coefficient (Wildman–Crippen LogP) is 2.56. The Morgan fingerprint density at radius 3 is 2.11 bits per heavy atom. The van der Waals surface area contributed by atoms with Gasteiger partial charge < -0.3 is 5.73 Å². The quantitative estimate of drug-likeness (QED) is 0.919. The molecule has 0 saturated carbocycles. The van der Waals surface area contributed by atoms with Crippen molar-refractivity contribution in [1.82, 2.24) is 9.13 Å². The van der Waals surface area contributed by atoms with Crippen LogP contribution in [0.4, 0.5) is 0 Å². The van der Waals surface area contributed by atoms with E-state index < -0.39 is 0 Å². The molecule has 0 bridgehead atoms. The molecule has 104 valence electrons. The molecule has 1 aromatic heterocycles. The van der Waals surface area contributed by atoms with Crippen LogP contribution in [0.25, 0.3) is 11.0 Å². The predicted molar refractivity (Wildman–Crippen MR) is 79.5 cm³/mol. The first-order chi connectivity index (χ1) is 9.04. The molecular formula is C15H23N3O. The van der Waals surface area contributed by atoms with Crippen LogP contribution in [0.3, 0.4) is 0 Å². The van der Waals surface area contributed by atoms with E-state index in [1.807, 2.05) is 23.0 Å². The number of aromatic nitrogens is 2. The summed E-state index contributed by atoms with van der Waals surface area (Å²) in [6.45, 7) is 9.53. The molecule has 2 rings (SSSR count). The number of imidazole rings is 1. The highest BCUT2D eigenvalue weighted by molar-refractivity contribution is 5.78. The number of rotatable bonds is 4. The molecule has 0 saturated heterocycles. The lowest BCUT2D eigenvalue weighted by molar-refractivity contribution is 0.670. The molecule has 0 amide bonds. The normalized spacial score (nSPS) is 13.1. The van der Waals surface area contributed by atoms with Gasteiger partial charge in [0.2, 0.25) is 0 Å². The van der Waals surface area contributed by atoms with Crippen LogP contribution in [0, 0.1) is 6.92 Å². The summed E-state index contributed by atoms with van der Waals surface area (Å²) < 4.78 is 3.65. The first-order valence-electron chi connectivity index (χ1n) is 7.04. The topological polar surface area (TPSA) is 52.9 Å². The van der Waals surface area contributed by atoms with Crippen LogP contribution >= 0.6 is 0 Å². The molecule has 0 aliphatic rings. The van der Waals surface area contributed by atoms with Crippen LogP contribution in [-0.4, -0.2) is 9.13 Å². The van der Waals surface area contributed by atoms with E-state index in [1.54, 1.807) is 0 Å². The Morgan fingerprint density at radius 2 is 1.63 bits per heavy atom. The number of hydrogen-bond donors (Lipinski definition) is 1. The maximum atomic E-state index is 12.3. The Labute approximate surface area is 113 Å². The Kier molecular flexibility index (Phi) is 3.80. The first kappa shape index (κ1) is 13.9. The zero-order chi connectivity index (χ0) is 14.2. The van der Waals surface area contributed by atoms with Gasteiger partial charge in [0, 0.05) is 19.1 Å². The summed E-state index contributed by atoms with van der Waals surface area (Å²) in [6.07, 6.45) is 0.900. The molecule has 0 fully saturated rings. The maximum absolute atomic E-state index is 12.3. The molecule has 0 aliphatic carbocycles. The van der Waals surface area contributed by atoms with Gasteiger partial charge in [0.05, 0.1) is 11.0 Å². The number of hydrogen-bond acceptors (Lipinski definition) is 2. The molecule has 4 nitrogen and oxygen atoms in total. The van der Waals surface area contributed by atoms with Crippen LogP contribution in [0.1, 0.15) is 44.4 Å². The van der Waals surface area contributed by atoms with Crippen molar-refractivity contribution in [2.75, 3.05) is 0 Å². The first-order valence-corrected chi connectivity index (χ1v) is 7.04. The fourth-order valence-electron chi connectivity index (χ4n) is 2.71. The lowest BCUT2D eigenvalue weighted by Gasteiger charge is -2.13. The van der Waals surface area contributed by atoms with Gasteiger partial charge in [-0.1, -0.05) is 6.92 Å². The Morgan fingerprint density at radius 1 is 1.11 bits per heavy atom. The van der Waals surface area contributed by atoms with Crippen molar-refractivity contribution >= 4 is 11.0 Å². The minimum Gasteiger partial charge on any atom is -0.324 e. The number of aryl methyl sites for hydroxylation is 3. The Bertz CT molecular complexity index is 651. The Balaban J connectivity index is 2.82. The number of fused-ring (bicyclic) bond motifs is 1. The maximum Gasteiger partial charge on any atom is 0.329 e. The summed E-state index contributed by atoms with van der Waals surface area (Å²) in [5.74, 6) is 0. The van der Waals surface area contributed by atoms with E-state index in [1.165, 1.54) is 0 Å². The summed E-state index contributed by atoms with van der Waals surface area (Å²) in [5.41, 5.74) is 10.6. The van der Waals surface area contributed by atoms with Gasteiger partial charge in [-0.15, -0.1) is 0 Å². The molecule has 0 spiro atoms. The van der Waals surface area contributed by atoms with E-state index in [4.69, 9.17) is 5.73 Å². The lowest BCUT2D eigenvalue weighted by atomic mass is 9.99. The highest BCUT2D eigenvalue weighted by Crippen LogP contribution is 2.24. The summed E-state index contributed by atoms with van der Waals surface area (Å²) in [6, 6.07) is 4.22. The van der Waals surface area contributed by atoms with Gasteiger partial charge in [-0.3, -0.25) is 9.13 Å². The van der Waals surface area contributed by atoms with E-state index in [0.29, 0.717) is 13.1 Å². The summed E-state index contributed by atoms with van der Waals surface area (Å²) in [4.78, 5) is 12.3. The van der Waals surface area contributed by atoms with Gasteiger partial charge in [0.1, 0.15) is 0 Å². The molecule has 2 N–H and O–H groups in total. The molecule has 1 unspecified atom stereocenters. The van der Waals surface area contributed by atoms with Crippen molar-refractivity contribution in [3.05, 3.63) is 33.7 Å². The Hall–Kier alpha value is -1.55. The van der Waals surface area contributed by atoms with E-state index in [0.717, 1.165) is 28.6 Å². The van der Waals surface area contributed by atoms with Crippen LogP contribution in [0.15, 0.2) is 16.9 Å². The molecule has 4 heteroatoms. The van der Waals surface area contributed by atoms with E-state index >= 15 is 0 Å². The zero-order valence-electron chi connectivity index (χ0n) is 12.2. The highest BCUT2D eigenvalue weighted by atomic mass is 16.1. The molecule has 1 aromatic carbocycles. The second kappa shape index (κ2) is 5.21. The van der Waals surface area contributed by atoms with Gasteiger partial charge in [-0.2, -0.15) is 0 Å². The third-order valence-electron chi connectivity index (χ3n) is 3.88. The van der Waals surface area contributed by atoms with E-state index in [2.05, 4.69) is 26.0 Å². The largest absolute Gasteiger partial charge is 0.329 e. The van der Waals surface area contributed by atoms with E-state index in [-0.39, 0.29) is 11.7 Å². The van der Waals surface area contributed by atoms with Crippen molar-refractivity contribution in [3.8, 4) is 0 Å². The molecular weight excluding hydrogens is 238 g/mol. The second-order valence-electron chi connectivity index (χ2n) is 4.98. The van der Waals surface area contributed by atoms with Crippen molar-refractivity contribution < 1.29 is 0 Å². The van der Waals surface area contributed by atoms with E-state index in [9.17, 15) is 4.79 Å². The van der Waals surface area contributed by atoms with Crippen LogP contribution in [-0.2, 0) is 13.1 Å². The zero-order valence-corrected chi connectivity index (χ0v) is 12.2. The molecule has 2 aromatic rings. The SMILES string of the molecule is CCC(N)c1cc2c(cc1C)n(CC)c(=O)n2CC. The molecule has 1 atom stereocenters. The minimum absolute atomic E-state index is 0.0368. The molecule has 0 radical (unpaired) electrons. The third kappa shape index (κ3) is 2.10. The fourth-order valence-corrected chi connectivity index (χ4v) is 2.71. The summed E-state index contributed by atoms with van der Waals surface area (Å²) in [5, 5.41) is 0. The van der Waals surface area contributed by atoms with Crippen molar-refractivity contribution in [2.45, 2.75) is 53.2 Å². The molecule has 1 heterocycles. The van der Waals surface area contributed by atoms with Gasteiger partial charge >= 0.3 is 5.69 Å². The van der Waals surface area contributed by atoms with Gasteiger partial charge in [-0.25, -0.2) is 4.79 Å². The lowest BCUT2D eigenvalue weighted by Crippen LogP contribution is -2.23. The van der Waals surface area contributed by atoms with Crippen LogP contribution < -0.4 is 11.4 Å². The number of benzene rings is 1. The fraction of sp³-hybridized carbons (Fsp3) is 0.533. The molecule has 0 aliphatic heterocycles. The van der Waals surface area contributed by atoms with Crippen LogP contribution in [0.2, 0.25) is 0 Å². The second-order valence-corrected chi connectivity index (χ2v) is 4.98. The van der Waals surface area contributed by atoms with Gasteiger partial charge in [0.25, 0.3) is 0 Å². The smallest absolute Gasteiger partial charge is 0.324 e. The average Bonchev–Trinajstić information content (AvgIpc) is 2.67. The third-order valence-corrected chi connectivity index (χ3v) is 3.88. The van der Waals surface area contributed by atoms with Crippen molar-refractivity contribution in [1.29, 1.82) is 0 Å². The standard InChI is InChI=1S/C15H23N3O/c1-5-12(16)11-9-14-13(8-10(11)4)17(6-2)15(19)18(14)7-3/h8-9,12H,5-7,16H2,1-4H3. The number of nitrogens with two attached hydrogens (primary N) is 1. The van der Waals surface area contributed by atoms with Crippen molar-refractivity contribution in [2.24, 2.45) is 5.73 Å². The molecule has 19 heavy (non-hydrogen) atoms. The minimum atomic E-state index is 0.0368. The van der Waals surface area contributed by atoms with Crippen LogP contribution in [0.5, 0.6) is 0 Å². The van der Waals surface area contributed by atoms with Gasteiger partial charge in [0.15, 0.2) is 0 Å².